The Hall–Kier alpha value is -0.480. The van der Waals surface area contributed by atoms with Crippen LogP contribution in [0.3, 0.4) is 0 Å². The summed E-state index contributed by atoms with van der Waals surface area (Å²) in [6, 6.07) is -0.293. The van der Waals surface area contributed by atoms with Gasteiger partial charge in [-0.2, -0.15) is 11.8 Å². The second kappa shape index (κ2) is 5.29. The van der Waals surface area contributed by atoms with Gasteiger partial charge in [0.25, 0.3) is 0 Å². The van der Waals surface area contributed by atoms with Crippen LogP contribution >= 0.6 is 11.8 Å². The number of carbonyl (C=O) groups is 1. The highest BCUT2D eigenvalue weighted by Gasteiger charge is 2.27. The van der Waals surface area contributed by atoms with E-state index in [-0.39, 0.29) is 6.04 Å². The number of aliphatic carboxylic acids is 1. The summed E-state index contributed by atoms with van der Waals surface area (Å²) in [5.74, 6) is 1.06. The van der Waals surface area contributed by atoms with Crippen molar-refractivity contribution in [1.29, 1.82) is 0 Å². The molecule has 0 radical (unpaired) electrons. The molecule has 0 aromatic heterocycles. The van der Waals surface area contributed by atoms with E-state index in [0.29, 0.717) is 5.75 Å². The van der Waals surface area contributed by atoms with Crippen molar-refractivity contribution in [3.63, 3.8) is 0 Å². The number of thioether (sulfide) groups is 1. The number of rotatable bonds is 4. The molecule has 1 atom stereocenters. The zero-order chi connectivity index (χ0) is 9.68. The average molecular weight is 201 g/mol. The molecule has 4 heteroatoms. The van der Waals surface area contributed by atoms with E-state index in [1.807, 2.05) is 11.0 Å². The van der Waals surface area contributed by atoms with Gasteiger partial charge in [0, 0.05) is 24.6 Å². The Balaban J connectivity index is 2.46. The van der Waals surface area contributed by atoms with Crippen molar-refractivity contribution in [1.82, 2.24) is 4.90 Å². The van der Waals surface area contributed by atoms with Gasteiger partial charge in [0.05, 0.1) is 0 Å². The summed E-state index contributed by atoms with van der Waals surface area (Å²) in [6.07, 6.45) is 2.70. The first kappa shape index (κ1) is 10.6. The largest absolute Gasteiger partial charge is 0.480 e. The minimum atomic E-state index is -0.698. The van der Waals surface area contributed by atoms with Crippen molar-refractivity contribution >= 4 is 17.7 Å². The zero-order valence-electron chi connectivity index (χ0n) is 7.61. The molecule has 0 aromatic rings. The Morgan fingerprint density at radius 2 is 2.54 bits per heavy atom. The monoisotopic (exact) mass is 201 g/mol. The fourth-order valence-corrected chi connectivity index (χ4v) is 2.50. The van der Waals surface area contributed by atoms with E-state index >= 15 is 0 Å². The van der Waals surface area contributed by atoms with E-state index in [4.69, 9.17) is 5.11 Å². The lowest BCUT2D eigenvalue weighted by molar-refractivity contribution is -0.142. The first-order chi connectivity index (χ1) is 6.25. The number of nitrogens with zero attached hydrogens (tertiary/aromatic N) is 1. The van der Waals surface area contributed by atoms with Gasteiger partial charge in [-0.3, -0.25) is 9.69 Å². The normalized spacial score (nSPS) is 24.2. The van der Waals surface area contributed by atoms with Gasteiger partial charge in [0.15, 0.2) is 0 Å². The Morgan fingerprint density at radius 1 is 1.77 bits per heavy atom. The number of carboxylic acid groups (broad SMARTS) is 1. The fraction of sp³-hybridized carbons (Fsp3) is 0.667. The molecule has 1 rings (SSSR count). The molecule has 13 heavy (non-hydrogen) atoms. The average Bonchev–Trinajstić information content (AvgIpc) is 2.15. The van der Waals surface area contributed by atoms with Crippen molar-refractivity contribution in [2.24, 2.45) is 0 Å². The van der Waals surface area contributed by atoms with Crippen LogP contribution in [0.2, 0.25) is 0 Å². The van der Waals surface area contributed by atoms with Gasteiger partial charge in [-0.15, -0.1) is 6.58 Å². The summed E-state index contributed by atoms with van der Waals surface area (Å²) in [7, 11) is 0. The molecule has 1 unspecified atom stereocenters. The minimum absolute atomic E-state index is 0.293. The fourth-order valence-electron chi connectivity index (χ4n) is 1.39. The molecule has 1 heterocycles. The molecular formula is C9H15NO2S. The van der Waals surface area contributed by atoms with Gasteiger partial charge in [0.1, 0.15) is 6.04 Å². The number of carboxylic acids is 1. The molecule has 0 saturated carbocycles. The molecule has 0 aromatic carbocycles. The van der Waals surface area contributed by atoms with Crippen LogP contribution in [0.15, 0.2) is 12.7 Å². The zero-order valence-corrected chi connectivity index (χ0v) is 8.42. The summed E-state index contributed by atoms with van der Waals surface area (Å²) in [5, 5.41) is 8.93. The molecule has 1 fully saturated rings. The Labute approximate surface area is 82.8 Å². The summed E-state index contributed by atoms with van der Waals surface area (Å²) < 4.78 is 0. The third kappa shape index (κ3) is 3.04. The predicted molar refractivity (Wildman–Crippen MR) is 55.1 cm³/mol. The molecule has 1 N–H and O–H groups in total. The standard InChI is InChI=1S/C9H15NO2S/c1-2-3-4-10-5-6-13-7-8(10)9(11)12/h2,8H,1,3-7H2,(H,11,12). The van der Waals surface area contributed by atoms with Crippen LogP contribution in [-0.4, -0.2) is 46.6 Å². The lowest BCUT2D eigenvalue weighted by atomic mass is 10.2. The van der Waals surface area contributed by atoms with Crippen LogP contribution in [0.25, 0.3) is 0 Å². The van der Waals surface area contributed by atoms with Gasteiger partial charge >= 0.3 is 5.97 Å². The molecule has 0 aliphatic carbocycles. The molecule has 0 amide bonds. The van der Waals surface area contributed by atoms with E-state index in [9.17, 15) is 4.79 Å². The predicted octanol–water partition coefficient (Wildman–Crippen LogP) is 1.06. The number of hydrogen-bond donors (Lipinski definition) is 1. The second-order valence-corrected chi connectivity index (χ2v) is 4.19. The molecule has 1 aliphatic rings. The maximum Gasteiger partial charge on any atom is 0.321 e. The van der Waals surface area contributed by atoms with Crippen molar-refractivity contribution in [2.75, 3.05) is 24.6 Å². The smallest absolute Gasteiger partial charge is 0.321 e. The molecule has 1 aliphatic heterocycles. The van der Waals surface area contributed by atoms with Crippen molar-refractivity contribution in [3.8, 4) is 0 Å². The van der Waals surface area contributed by atoms with Crippen LogP contribution in [0.4, 0.5) is 0 Å². The Morgan fingerprint density at radius 3 is 3.15 bits per heavy atom. The van der Waals surface area contributed by atoms with Gasteiger partial charge in [-0.1, -0.05) is 6.08 Å². The van der Waals surface area contributed by atoms with Crippen LogP contribution in [0, 0.1) is 0 Å². The maximum atomic E-state index is 10.8. The minimum Gasteiger partial charge on any atom is -0.480 e. The third-order valence-corrected chi connectivity index (χ3v) is 3.17. The Kier molecular flexibility index (Phi) is 4.32. The topological polar surface area (TPSA) is 40.5 Å². The SMILES string of the molecule is C=CCCN1CCSCC1C(=O)O. The first-order valence-corrected chi connectivity index (χ1v) is 5.56. The lowest BCUT2D eigenvalue weighted by Gasteiger charge is -2.32. The van der Waals surface area contributed by atoms with Crippen LogP contribution < -0.4 is 0 Å². The first-order valence-electron chi connectivity index (χ1n) is 4.41. The molecule has 0 spiro atoms. The Bertz CT molecular complexity index is 196. The molecule has 74 valence electrons. The van der Waals surface area contributed by atoms with Gasteiger partial charge in [-0.05, 0) is 6.42 Å². The van der Waals surface area contributed by atoms with E-state index in [2.05, 4.69) is 6.58 Å². The van der Waals surface area contributed by atoms with E-state index in [1.165, 1.54) is 0 Å². The van der Waals surface area contributed by atoms with Crippen LogP contribution in [0.1, 0.15) is 6.42 Å². The lowest BCUT2D eigenvalue weighted by Crippen LogP contribution is -2.47. The van der Waals surface area contributed by atoms with Gasteiger partial charge in [0.2, 0.25) is 0 Å². The van der Waals surface area contributed by atoms with E-state index in [0.717, 1.165) is 25.3 Å². The summed E-state index contributed by atoms with van der Waals surface area (Å²) >= 11 is 1.72. The van der Waals surface area contributed by atoms with Crippen LogP contribution in [-0.2, 0) is 4.79 Å². The highest BCUT2D eigenvalue weighted by atomic mass is 32.2. The van der Waals surface area contributed by atoms with Gasteiger partial charge < -0.3 is 5.11 Å². The van der Waals surface area contributed by atoms with Crippen LogP contribution in [0.5, 0.6) is 0 Å². The van der Waals surface area contributed by atoms with Crippen molar-refractivity contribution < 1.29 is 9.90 Å². The molecule has 0 bridgehead atoms. The quantitative estimate of drug-likeness (QED) is 0.691. The maximum absolute atomic E-state index is 10.8. The molecule has 1 saturated heterocycles. The molecule has 3 nitrogen and oxygen atoms in total. The van der Waals surface area contributed by atoms with Crippen molar-refractivity contribution in [2.45, 2.75) is 12.5 Å². The summed E-state index contributed by atoms with van der Waals surface area (Å²) in [6.45, 7) is 5.34. The van der Waals surface area contributed by atoms with E-state index in [1.54, 1.807) is 11.8 Å². The van der Waals surface area contributed by atoms with Crippen molar-refractivity contribution in [3.05, 3.63) is 12.7 Å². The summed E-state index contributed by atoms with van der Waals surface area (Å²) in [5.41, 5.74) is 0. The highest BCUT2D eigenvalue weighted by Crippen LogP contribution is 2.16. The highest BCUT2D eigenvalue weighted by molar-refractivity contribution is 7.99. The number of hydrogen-bond acceptors (Lipinski definition) is 3. The summed E-state index contributed by atoms with van der Waals surface area (Å²) in [4.78, 5) is 12.9. The van der Waals surface area contributed by atoms with E-state index < -0.39 is 5.97 Å². The second-order valence-electron chi connectivity index (χ2n) is 3.04. The third-order valence-electron chi connectivity index (χ3n) is 2.14. The molecular weight excluding hydrogens is 186 g/mol. The van der Waals surface area contributed by atoms with Gasteiger partial charge in [-0.25, -0.2) is 0 Å².